The van der Waals surface area contributed by atoms with Crippen LogP contribution in [-0.4, -0.2) is 25.6 Å². The molecule has 0 aliphatic carbocycles. The zero-order valence-electron chi connectivity index (χ0n) is 10.3. The molecule has 1 heterocycles. The minimum Gasteiger partial charge on any atom is -0.266 e. The molecule has 0 saturated heterocycles. The van der Waals surface area contributed by atoms with E-state index in [4.69, 9.17) is 0 Å². The Balaban J connectivity index is 3.20. The fourth-order valence-corrected chi connectivity index (χ4v) is 1.87. The van der Waals surface area contributed by atoms with Gasteiger partial charge in [-0.15, -0.1) is 0 Å². The fraction of sp³-hybridized carbons (Fsp3) is 0.455. The van der Waals surface area contributed by atoms with Gasteiger partial charge in [-0.05, 0) is 24.5 Å². The summed E-state index contributed by atoms with van der Waals surface area (Å²) >= 11 is 0. The van der Waals surface area contributed by atoms with Crippen molar-refractivity contribution in [2.75, 3.05) is 6.26 Å². The average Bonchev–Trinajstić information content (AvgIpc) is 2.14. The van der Waals surface area contributed by atoms with Crippen molar-refractivity contribution in [3.63, 3.8) is 0 Å². The monoisotopic (exact) mass is 256 g/mol. The predicted molar refractivity (Wildman–Crippen MR) is 65.4 cm³/mol. The molecule has 0 unspecified atom stereocenters. The number of pyridine rings is 1. The van der Waals surface area contributed by atoms with Gasteiger partial charge in [-0.1, -0.05) is 19.9 Å². The lowest BCUT2D eigenvalue weighted by molar-refractivity contribution is 0.0975. The zero-order valence-corrected chi connectivity index (χ0v) is 11.1. The second kappa shape index (κ2) is 4.83. The lowest BCUT2D eigenvalue weighted by atomic mass is 10.0. The summed E-state index contributed by atoms with van der Waals surface area (Å²) in [5.41, 5.74) is 1.58. The van der Waals surface area contributed by atoms with E-state index in [0.29, 0.717) is 5.69 Å². The van der Waals surface area contributed by atoms with Crippen LogP contribution in [0.5, 0.6) is 0 Å². The molecule has 1 aromatic rings. The number of carbonyl (C=O) groups is 1. The first-order chi connectivity index (χ1) is 7.70. The van der Waals surface area contributed by atoms with Crippen LogP contribution in [0.25, 0.3) is 0 Å². The van der Waals surface area contributed by atoms with Gasteiger partial charge in [0.05, 0.1) is 6.26 Å². The van der Waals surface area contributed by atoms with Gasteiger partial charge >= 0.3 is 0 Å². The minimum atomic E-state index is -3.57. The third-order valence-corrected chi connectivity index (χ3v) is 2.74. The Morgan fingerprint density at radius 1 is 1.35 bits per heavy atom. The Morgan fingerprint density at radius 2 is 1.94 bits per heavy atom. The van der Waals surface area contributed by atoms with Gasteiger partial charge in [-0.2, -0.15) is 0 Å². The molecule has 1 aromatic heterocycles. The van der Waals surface area contributed by atoms with Crippen molar-refractivity contribution in [2.24, 2.45) is 0 Å². The quantitative estimate of drug-likeness (QED) is 0.881. The van der Waals surface area contributed by atoms with Crippen molar-refractivity contribution in [1.82, 2.24) is 9.71 Å². The number of aromatic nitrogens is 1. The summed E-state index contributed by atoms with van der Waals surface area (Å²) in [7, 11) is -3.57. The standard InChI is InChI=1S/C11H16N2O3S/c1-7(2)9-6-5-8(3)12-10(9)11(14)13-17(4,15)16/h5-7H,1-4H3,(H,13,14). The Labute approximate surface area is 101 Å². The van der Waals surface area contributed by atoms with Crippen LogP contribution in [0.4, 0.5) is 0 Å². The van der Waals surface area contributed by atoms with E-state index in [1.54, 1.807) is 19.1 Å². The Morgan fingerprint density at radius 3 is 2.41 bits per heavy atom. The highest BCUT2D eigenvalue weighted by atomic mass is 32.2. The van der Waals surface area contributed by atoms with Gasteiger partial charge in [-0.25, -0.2) is 18.1 Å². The van der Waals surface area contributed by atoms with E-state index in [-0.39, 0.29) is 11.6 Å². The maximum Gasteiger partial charge on any atom is 0.283 e. The van der Waals surface area contributed by atoms with Crippen molar-refractivity contribution in [2.45, 2.75) is 26.7 Å². The molecule has 0 aliphatic rings. The van der Waals surface area contributed by atoms with Crippen molar-refractivity contribution in [3.05, 3.63) is 29.1 Å². The van der Waals surface area contributed by atoms with E-state index in [9.17, 15) is 13.2 Å². The molecular weight excluding hydrogens is 240 g/mol. The molecule has 0 aromatic carbocycles. The second-order valence-electron chi connectivity index (χ2n) is 4.25. The first-order valence-corrected chi connectivity index (χ1v) is 7.09. The smallest absolute Gasteiger partial charge is 0.266 e. The van der Waals surface area contributed by atoms with Crippen LogP contribution >= 0.6 is 0 Å². The first kappa shape index (κ1) is 13.6. The van der Waals surface area contributed by atoms with Gasteiger partial charge < -0.3 is 0 Å². The molecule has 1 rings (SSSR count). The Kier molecular flexibility index (Phi) is 3.87. The van der Waals surface area contributed by atoms with E-state index in [0.717, 1.165) is 11.8 Å². The molecule has 0 saturated carbocycles. The van der Waals surface area contributed by atoms with Crippen LogP contribution in [-0.2, 0) is 10.0 Å². The number of carbonyl (C=O) groups excluding carboxylic acids is 1. The molecule has 94 valence electrons. The van der Waals surface area contributed by atoms with Crippen molar-refractivity contribution < 1.29 is 13.2 Å². The Hall–Kier alpha value is -1.43. The minimum absolute atomic E-state index is 0.100. The number of hydrogen-bond donors (Lipinski definition) is 1. The van der Waals surface area contributed by atoms with E-state index in [2.05, 4.69) is 4.98 Å². The molecule has 1 N–H and O–H groups in total. The molecule has 1 amide bonds. The van der Waals surface area contributed by atoms with Crippen LogP contribution in [0.15, 0.2) is 12.1 Å². The maximum atomic E-state index is 11.8. The molecule has 0 atom stereocenters. The van der Waals surface area contributed by atoms with Gasteiger partial charge in [0.2, 0.25) is 10.0 Å². The molecule has 0 fully saturated rings. The van der Waals surface area contributed by atoms with E-state index in [1.165, 1.54) is 0 Å². The largest absolute Gasteiger partial charge is 0.283 e. The van der Waals surface area contributed by atoms with Crippen LogP contribution in [0, 0.1) is 6.92 Å². The predicted octanol–water partition coefficient (Wildman–Crippen LogP) is 1.20. The van der Waals surface area contributed by atoms with Crippen molar-refractivity contribution in [1.29, 1.82) is 0 Å². The second-order valence-corrected chi connectivity index (χ2v) is 6.00. The molecule has 0 spiro atoms. The third kappa shape index (κ3) is 3.81. The normalized spacial score (nSPS) is 11.6. The van der Waals surface area contributed by atoms with Crippen LogP contribution in [0.3, 0.4) is 0 Å². The summed E-state index contributed by atoms with van der Waals surface area (Å²) in [5, 5.41) is 0. The number of rotatable bonds is 3. The van der Waals surface area contributed by atoms with Gasteiger partial charge in [0, 0.05) is 5.69 Å². The van der Waals surface area contributed by atoms with E-state index < -0.39 is 15.9 Å². The molecule has 0 aliphatic heterocycles. The van der Waals surface area contributed by atoms with Crippen LogP contribution < -0.4 is 4.72 Å². The third-order valence-electron chi connectivity index (χ3n) is 2.18. The van der Waals surface area contributed by atoms with Gasteiger partial charge in [-0.3, -0.25) is 4.79 Å². The number of hydrogen-bond acceptors (Lipinski definition) is 4. The van der Waals surface area contributed by atoms with Crippen LogP contribution in [0.2, 0.25) is 0 Å². The summed E-state index contributed by atoms with van der Waals surface area (Å²) in [6.07, 6.45) is 0.940. The highest BCUT2D eigenvalue weighted by Gasteiger charge is 2.18. The fourth-order valence-electron chi connectivity index (χ4n) is 1.43. The zero-order chi connectivity index (χ0) is 13.2. The van der Waals surface area contributed by atoms with Crippen molar-refractivity contribution >= 4 is 15.9 Å². The number of sulfonamides is 1. The molecular formula is C11H16N2O3S. The van der Waals surface area contributed by atoms with Crippen molar-refractivity contribution in [3.8, 4) is 0 Å². The SMILES string of the molecule is Cc1ccc(C(C)C)c(C(=O)NS(C)(=O)=O)n1. The summed E-state index contributed by atoms with van der Waals surface area (Å²) in [4.78, 5) is 15.9. The Bertz CT molecular complexity index is 536. The van der Waals surface area contributed by atoms with Crippen LogP contribution in [0.1, 0.15) is 41.5 Å². The lowest BCUT2D eigenvalue weighted by Gasteiger charge is -2.11. The highest BCUT2D eigenvalue weighted by Crippen LogP contribution is 2.18. The summed E-state index contributed by atoms with van der Waals surface area (Å²) in [6.45, 7) is 5.59. The number of nitrogens with zero attached hydrogens (tertiary/aromatic N) is 1. The summed E-state index contributed by atoms with van der Waals surface area (Å²) < 4.78 is 24.0. The molecule has 0 bridgehead atoms. The average molecular weight is 256 g/mol. The highest BCUT2D eigenvalue weighted by molar-refractivity contribution is 7.89. The topological polar surface area (TPSA) is 76.1 Å². The number of nitrogens with one attached hydrogen (secondary N) is 1. The first-order valence-electron chi connectivity index (χ1n) is 5.20. The molecule has 5 nitrogen and oxygen atoms in total. The summed E-state index contributed by atoms with van der Waals surface area (Å²) in [5.74, 6) is -0.580. The number of amides is 1. The maximum absolute atomic E-state index is 11.8. The summed E-state index contributed by atoms with van der Waals surface area (Å²) in [6, 6.07) is 3.59. The molecule has 6 heteroatoms. The van der Waals surface area contributed by atoms with Gasteiger partial charge in [0.1, 0.15) is 5.69 Å². The van der Waals surface area contributed by atoms with E-state index in [1.807, 2.05) is 18.6 Å². The molecule has 0 radical (unpaired) electrons. The van der Waals surface area contributed by atoms with Gasteiger partial charge in [0.15, 0.2) is 0 Å². The lowest BCUT2D eigenvalue weighted by Crippen LogP contribution is -2.31. The van der Waals surface area contributed by atoms with Gasteiger partial charge in [0.25, 0.3) is 5.91 Å². The molecule has 17 heavy (non-hydrogen) atoms. The number of aryl methyl sites for hydroxylation is 1. The van der Waals surface area contributed by atoms with E-state index >= 15 is 0 Å².